The number of benzene rings is 1. The van der Waals surface area contributed by atoms with E-state index in [-0.39, 0.29) is 6.61 Å². The van der Waals surface area contributed by atoms with Crippen molar-refractivity contribution in [1.29, 1.82) is 0 Å². The lowest BCUT2D eigenvalue weighted by molar-refractivity contribution is 0.189. The van der Waals surface area contributed by atoms with Crippen molar-refractivity contribution in [3.05, 3.63) is 35.5 Å². The molecule has 1 atom stereocenters. The zero-order valence-corrected chi connectivity index (χ0v) is 20.6. The molecule has 34 heavy (non-hydrogen) atoms. The highest BCUT2D eigenvalue weighted by Gasteiger charge is 2.24. The minimum atomic E-state index is 0.224. The molecule has 9 heteroatoms. The second-order valence-corrected chi connectivity index (χ2v) is 9.70. The van der Waals surface area contributed by atoms with Crippen molar-refractivity contribution in [3.63, 3.8) is 0 Å². The summed E-state index contributed by atoms with van der Waals surface area (Å²) >= 11 is 6.56. The summed E-state index contributed by atoms with van der Waals surface area (Å²) in [6.45, 7) is 10.4. The van der Waals surface area contributed by atoms with Gasteiger partial charge in [0.25, 0.3) is 0 Å². The van der Waals surface area contributed by atoms with Crippen LogP contribution in [0.5, 0.6) is 0 Å². The predicted molar refractivity (Wildman–Crippen MR) is 139 cm³/mol. The molecule has 0 spiro atoms. The third-order valence-corrected chi connectivity index (χ3v) is 7.22. The molecule has 2 aromatic heterocycles. The Labute approximate surface area is 205 Å². The van der Waals surface area contributed by atoms with Gasteiger partial charge in [-0.05, 0) is 43.7 Å². The summed E-state index contributed by atoms with van der Waals surface area (Å²) < 4.78 is 0. The van der Waals surface area contributed by atoms with Crippen molar-refractivity contribution >= 4 is 34.1 Å². The second kappa shape index (κ2) is 10.5. The van der Waals surface area contributed by atoms with Gasteiger partial charge in [-0.1, -0.05) is 18.5 Å². The number of imidazole rings is 1. The summed E-state index contributed by atoms with van der Waals surface area (Å²) in [5, 5.41) is 13.4. The Morgan fingerprint density at radius 3 is 2.62 bits per heavy atom. The van der Waals surface area contributed by atoms with Crippen LogP contribution in [0.15, 0.2) is 30.5 Å². The first-order chi connectivity index (χ1) is 16.6. The van der Waals surface area contributed by atoms with E-state index in [0.29, 0.717) is 16.7 Å². The van der Waals surface area contributed by atoms with Crippen LogP contribution in [0.2, 0.25) is 5.02 Å². The van der Waals surface area contributed by atoms with E-state index in [9.17, 15) is 0 Å². The van der Waals surface area contributed by atoms with Gasteiger partial charge in [-0.3, -0.25) is 4.90 Å². The summed E-state index contributed by atoms with van der Waals surface area (Å²) in [6.07, 6.45) is 3.97. The van der Waals surface area contributed by atoms with Crippen LogP contribution < -0.4 is 10.2 Å². The van der Waals surface area contributed by atoms with Gasteiger partial charge in [0, 0.05) is 63.1 Å². The Kier molecular flexibility index (Phi) is 7.20. The zero-order chi connectivity index (χ0) is 23.5. The molecule has 2 saturated heterocycles. The Balaban J connectivity index is 1.31. The molecule has 2 fully saturated rings. The zero-order valence-electron chi connectivity index (χ0n) is 19.8. The number of hydrogen-bond acceptors (Lipinski definition) is 7. The molecule has 0 aliphatic carbocycles. The highest BCUT2D eigenvalue weighted by molar-refractivity contribution is 6.34. The molecule has 0 radical (unpaired) electrons. The predicted octanol–water partition coefficient (Wildman–Crippen LogP) is 3.29. The van der Waals surface area contributed by atoms with Crippen LogP contribution in [-0.4, -0.2) is 94.9 Å². The molecule has 8 nitrogen and oxygen atoms in total. The molecular formula is C25H34ClN7O. The first-order valence-corrected chi connectivity index (χ1v) is 12.7. The molecule has 3 N–H and O–H groups in total. The number of fused-ring (bicyclic) bond motifs is 1. The number of nitrogens with one attached hydrogen (secondary N) is 2. The SMILES string of the molecule is CCCN1CC[C@H](Nc2c(Cl)cnc3nc(-c4ccc(N5CCN(CCO)CC5)cc4)[nH]c23)C1. The van der Waals surface area contributed by atoms with Gasteiger partial charge in [0.15, 0.2) is 5.65 Å². The van der Waals surface area contributed by atoms with Gasteiger partial charge in [-0.2, -0.15) is 0 Å². The summed E-state index contributed by atoms with van der Waals surface area (Å²) in [5.74, 6) is 0.797. The molecule has 2 aliphatic heterocycles. The second-order valence-electron chi connectivity index (χ2n) is 9.29. The average molecular weight is 484 g/mol. The topological polar surface area (TPSA) is 83.6 Å². The van der Waals surface area contributed by atoms with Crippen LogP contribution in [0.4, 0.5) is 11.4 Å². The quantitative estimate of drug-likeness (QED) is 0.453. The van der Waals surface area contributed by atoms with E-state index in [4.69, 9.17) is 21.7 Å². The third kappa shape index (κ3) is 5.00. The van der Waals surface area contributed by atoms with Gasteiger partial charge in [0.05, 0.1) is 23.5 Å². The molecule has 0 amide bonds. The number of nitrogens with zero attached hydrogens (tertiary/aromatic N) is 5. The maximum Gasteiger partial charge on any atom is 0.180 e. The van der Waals surface area contributed by atoms with Crippen molar-refractivity contribution < 1.29 is 5.11 Å². The molecule has 0 bridgehead atoms. The molecule has 1 aromatic carbocycles. The summed E-state index contributed by atoms with van der Waals surface area (Å²) in [4.78, 5) is 19.9. The minimum Gasteiger partial charge on any atom is -0.395 e. The van der Waals surface area contributed by atoms with Gasteiger partial charge in [0.2, 0.25) is 0 Å². The fourth-order valence-corrected chi connectivity index (χ4v) is 5.28. The first-order valence-electron chi connectivity index (χ1n) is 12.4. The highest BCUT2D eigenvalue weighted by atomic mass is 35.5. The van der Waals surface area contributed by atoms with Crippen molar-refractivity contribution in [2.75, 3.05) is 69.2 Å². The number of hydrogen-bond donors (Lipinski definition) is 3. The number of rotatable bonds is 8. The molecule has 182 valence electrons. The molecule has 2 aliphatic rings. The van der Waals surface area contributed by atoms with E-state index < -0.39 is 0 Å². The first kappa shape index (κ1) is 23.4. The van der Waals surface area contributed by atoms with Crippen molar-refractivity contribution in [1.82, 2.24) is 24.8 Å². The number of aromatic nitrogens is 3. The lowest BCUT2D eigenvalue weighted by Gasteiger charge is -2.35. The Hall–Kier alpha value is -2.39. The van der Waals surface area contributed by atoms with Crippen LogP contribution in [0.25, 0.3) is 22.6 Å². The number of H-pyrrole nitrogens is 1. The molecule has 3 aromatic rings. The van der Waals surface area contributed by atoms with E-state index in [2.05, 4.69) is 61.2 Å². The Morgan fingerprint density at radius 2 is 1.88 bits per heavy atom. The number of pyridine rings is 1. The van der Waals surface area contributed by atoms with Crippen LogP contribution in [0.3, 0.4) is 0 Å². The molecule has 5 rings (SSSR count). The number of aliphatic hydroxyl groups is 1. The Bertz CT molecular complexity index is 1090. The molecular weight excluding hydrogens is 450 g/mol. The normalized spacial score (nSPS) is 19.9. The number of piperazine rings is 1. The van der Waals surface area contributed by atoms with E-state index in [1.165, 1.54) is 12.1 Å². The van der Waals surface area contributed by atoms with Gasteiger partial charge in [0.1, 0.15) is 11.3 Å². The fourth-order valence-electron chi connectivity index (χ4n) is 5.09. The van der Waals surface area contributed by atoms with Gasteiger partial charge in [-0.25, -0.2) is 9.97 Å². The number of anilines is 2. The van der Waals surface area contributed by atoms with Crippen LogP contribution in [-0.2, 0) is 0 Å². The molecule has 0 unspecified atom stereocenters. The summed E-state index contributed by atoms with van der Waals surface area (Å²) in [6, 6.07) is 8.91. The third-order valence-electron chi connectivity index (χ3n) is 6.93. The molecule has 4 heterocycles. The maximum atomic E-state index is 9.14. The smallest absolute Gasteiger partial charge is 0.180 e. The average Bonchev–Trinajstić information content (AvgIpc) is 3.49. The lowest BCUT2D eigenvalue weighted by atomic mass is 10.1. The monoisotopic (exact) mass is 483 g/mol. The fraction of sp³-hybridized carbons (Fsp3) is 0.520. The van der Waals surface area contributed by atoms with Crippen molar-refractivity contribution in [2.24, 2.45) is 0 Å². The van der Waals surface area contributed by atoms with Crippen LogP contribution in [0.1, 0.15) is 19.8 Å². The van der Waals surface area contributed by atoms with Gasteiger partial charge >= 0.3 is 0 Å². The highest BCUT2D eigenvalue weighted by Crippen LogP contribution is 2.32. The number of aliphatic hydroxyl groups excluding tert-OH is 1. The summed E-state index contributed by atoms with van der Waals surface area (Å²) in [5.41, 5.74) is 4.67. The van der Waals surface area contributed by atoms with Crippen molar-refractivity contribution in [3.8, 4) is 11.4 Å². The lowest BCUT2D eigenvalue weighted by Crippen LogP contribution is -2.47. The van der Waals surface area contributed by atoms with Gasteiger partial charge in [-0.15, -0.1) is 0 Å². The van der Waals surface area contributed by atoms with Crippen molar-refractivity contribution in [2.45, 2.75) is 25.8 Å². The van der Waals surface area contributed by atoms with E-state index in [1.54, 1.807) is 6.20 Å². The van der Waals surface area contributed by atoms with Crippen LogP contribution in [0, 0.1) is 0 Å². The van der Waals surface area contributed by atoms with Crippen LogP contribution >= 0.6 is 11.6 Å². The standard InChI is InChI=1S/C25H34ClN7O/c1-2-8-32-9-7-19(17-32)28-22-21(26)16-27-25-23(22)29-24(30-25)18-3-5-20(6-4-18)33-12-10-31(11-13-33)14-15-34/h3-6,16,19,34H,2,7-15,17H2,1H3,(H2,27,28,29,30)/t19-/m0/s1. The van der Waals surface area contributed by atoms with E-state index >= 15 is 0 Å². The van der Waals surface area contributed by atoms with E-state index in [1.807, 2.05) is 0 Å². The Morgan fingerprint density at radius 1 is 1.09 bits per heavy atom. The number of likely N-dealkylation sites (tertiary alicyclic amines) is 1. The number of β-amino-alcohol motifs (C(OH)–C–C–N with tert-alkyl or cyclic N) is 1. The largest absolute Gasteiger partial charge is 0.395 e. The summed E-state index contributed by atoms with van der Waals surface area (Å²) in [7, 11) is 0. The molecule has 0 saturated carbocycles. The minimum absolute atomic E-state index is 0.224. The van der Waals surface area contributed by atoms with E-state index in [0.717, 1.165) is 81.4 Å². The maximum absolute atomic E-state index is 9.14. The number of aromatic amines is 1. The number of halogens is 1. The van der Waals surface area contributed by atoms with Gasteiger partial charge < -0.3 is 25.2 Å².